The highest BCUT2D eigenvalue weighted by atomic mass is 16.3. The molecule has 108 valence electrons. The minimum atomic E-state index is -0.939. The number of H-pyrrole nitrogens is 1. The van der Waals surface area contributed by atoms with E-state index in [1.807, 2.05) is 36.4 Å². The van der Waals surface area contributed by atoms with Crippen LogP contribution in [0.3, 0.4) is 0 Å². The van der Waals surface area contributed by atoms with Crippen LogP contribution in [0.15, 0.2) is 42.5 Å². The molecule has 1 aromatic heterocycles. The summed E-state index contributed by atoms with van der Waals surface area (Å²) in [5.41, 5.74) is 2.53. The van der Waals surface area contributed by atoms with E-state index in [0.29, 0.717) is 5.56 Å². The van der Waals surface area contributed by atoms with E-state index in [9.17, 15) is 9.90 Å². The lowest BCUT2D eigenvalue weighted by molar-refractivity contribution is 0.0802. The van der Waals surface area contributed by atoms with Crippen LogP contribution in [-0.2, 0) is 0 Å². The van der Waals surface area contributed by atoms with Gasteiger partial charge in [-0.1, -0.05) is 18.2 Å². The lowest BCUT2D eigenvalue weighted by Crippen LogP contribution is -2.33. The Kier molecular flexibility index (Phi) is 3.60. The summed E-state index contributed by atoms with van der Waals surface area (Å²) in [6.45, 7) is -0.344. The van der Waals surface area contributed by atoms with Crippen LogP contribution in [0.1, 0.15) is 10.4 Å². The maximum absolute atomic E-state index is 12.1. The number of amides is 1. The van der Waals surface area contributed by atoms with Gasteiger partial charge in [0.25, 0.3) is 5.91 Å². The molecule has 21 heavy (non-hydrogen) atoms. The summed E-state index contributed by atoms with van der Waals surface area (Å²) in [6.07, 6.45) is -0.939. The van der Waals surface area contributed by atoms with Crippen molar-refractivity contribution in [2.24, 2.45) is 0 Å². The zero-order valence-electron chi connectivity index (χ0n) is 11.3. The van der Waals surface area contributed by atoms with E-state index in [4.69, 9.17) is 5.11 Å². The molecule has 1 atom stereocenters. The summed E-state index contributed by atoms with van der Waals surface area (Å²) < 4.78 is 0. The molecule has 3 rings (SSSR count). The Hall–Kier alpha value is -2.37. The highest BCUT2D eigenvalue weighted by molar-refractivity contribution is 6.09. The number of nitrogens with one attached hydrogen (secondary N) is 2. The van der Waals surface area contributed by atoms with Crippen molar-refractivity contribution in [2.45, 2.75) is 6.10 Å². The first kappa shape index (κ1) is 13.6. The van der Waals surface area contributed by atoms with Gasteiger partial charge in [0.15, 0.2) is 0 Å². The van der Waals surface area contributed by atoms with Crippen LogP contribution < -0.4 is 5.32 Å². The molecule has 0 aliphatic heterocycles. The third-order valence-electron chi connectivity index (χ3n) is 3.48. The number of hydrogen-bond donors (Lipinski definition) is 4. The van der Waals surface area contributed by atoms with Crippen LogP contribution in [0.4, 0.5) is 0 Å². The fourth-order valence-corrected chi connectivity index (χ4v) is 2.37. The molecule has 3 aromatic rings. The highest BCUT2D eigenvalue weighted by Crippen LogP contribution is 2.25. The summed E-state index contributed by atoms with van der Waals surface area (Å²) in [4.78, 5) is 15.4. The first-order valence-corrected chi connectivity index (χ1v) is 6.76. The molecule has 1 heterocycles. The fraction of sp³-hybridized carbons (Fsp3) is 0.188. The van der Waals surface area contributed by atoms with Gasteiger partial charge in [0.05, 0.1) is 12.7 Å². The minimum absolute atomic E-state index is 0.0290. The fourth-order valence-electron chi connectivity index (χ4n) is 2.37. The monoisotopic (exact) mass is 284 g/mol. The van der Waals surface area contributed by atoms with Gasteiger partial charge >= 0.3 is 0 Å². The molecule has 0 unspecified atom stereocenters. The van der Waals surface area contributed by atoms with Gasteiger partial charge in [-0.15, -0.1) is 0 Å². The van der Waals surface area contributed by atoms with Gasteiger partial charge in [0.2, 0.25) is 0 Å². The Morgan fingerprint density at radius 2 is 1.90 bits per heavy atom. The number of fused-ring (bicyclic) bond motifs is 3. The van der Waals surface area contributed by atoms with Gasteiger partial charge in [-0.05, 0) is 24.3 Å². The van der Waals surface area contributed by atoms with Crippen LogP contribution in [0, 0.1) is 0 Å². The van der Waals surface area contributed by atoms with Crippen molar-refractivity contribution in [3.05, 3.63) is 48.0 Å². The number of aromatic amines is 1. The average molecular weight is 284 g/mol. The highest BCUT2D eigenvalue weighted by Gasteiger charge is 2.11. The number of aromatic nitrogens is 1. The van der Waals surface area contributed by atoms with E-state index in [1.165, 1.54) is 0 Å². The molecule has 5 nitrogen and oxygen atoms in total. The summed E-state index contributed by atoms with van der Waals surface area (Å²) >= 11 is 0. The van der Waals surface area contributed by atoms with Crippen molar-refractivity contribution in [2.75, 3.05) is 13.2 Å². The molecule has 0 radical (unpaired) electrons. The van der Waals surface area contributed by atoms with Crippen molar-refractivity contribution in [1.82, 2.24) is 10.3 Å². The van der Waals surface area contributed by atoms with Gasteiger partial charge in [-0.3, -0.25) is 4.79 Å². The molecule has 1 amide bonds. The van der Waals surface area contributed by atoms with Crippen molar-refractivity contribution >= 4 is 27.7 Å². The topological polar surface area (TPSA) is 85.3 Å². The average Bonchev–Trinajstić information content (AvgIpc) is 2.90. The van der Waals surface area contributed by atoms with Crippen LogP contribution in [0.5, 0.6) is 0 Å². The Bertz CT molecular complexity index is 794. The number of aliphatic hydroxyl groups is 2. The standard InChI is InChI=1S/C16H16N2O3/c19-9-11(20)8-17-16(21)10-5-6-15-13(7-10)12-3-1-2-4-14(12)18-15/h1-7,11,18-20H,8-9H2,(H,17,21)/t11-/m1/s1. The molecule has 0 saturated heterocycles. The molecule has 5 heteroatoms. The van der Waals surface area contributed by atoms with Crippen molar-refractivity contribution < 1.29 is 15.0 Å². The maximum Gasteiger partial charge on any atom is 0.251 e. The predicted molar refractivity (Wildman–Crippen MR) is 81.2 cm³/mol. The zero-order valence-corrected chi connectivity index (χ0v) is 11.3. The summed E-state index contributed by atoms with van der Waals surface area (Å²) in [5.74, 6) is -0.269. The predicted octanol–water partition coefficient (Wildman–Crippen LogP) is 1.40. The molecular weight excluding hydrogens is 268 g/mol. The summed E-state index contributed by atoms with van der Waals surface area (Å²) in [6, 6.07) is 13.3. The Labute approximate surface area is 121 Å². The number of aliphatic hydroxyl groups excluding tert-OH is 2. The van der Waals surface area contributed by atoms with Gasteiger partial charge in [0.1, 0.15) is 0 Å². The number of hydrogen-bond acceptors (Lipinski definition) is 3. The second kappa shape index (κ2) is 5.55. The number of carbonyl (C=O) groups excluding carboxylic acids is 1. The zero-order chi connectivity index (χ0) is 14.8. The third kappa shape index (κ3) is 2.61. The number of benzene rings is 2. The Morgan fingerprint density at radius 1 is 1.14 bits per heavy atom. The summed E-state index contributed by atoms with van der Waals surface area (Å²) in [5, 5.41) is 22.7. The smallest absolute Gasteiger partial charge is 0.251 e. The minimum Gasteiger partial charge on any atom is -0.394 e. The largest absolute Gasteiger partial charge is 0.394 e. The van der Waals surface area contributed by atoms with E-state index in [-0.39, 0.29) is 19.1 Å². The quantitative estimate of drug-likeness (QED) is 0.584. The van der Waals surface area contributed by atoms with Crippen LogP contribution in [-0.4, -0.2) is 40.4 Å². The Morgan fingerprint density at radius 3 is 2.71 bits per heavy atom. The SMILES string of the molecule is O=C(NC[C@@H](O)CO)c1ccc2[nH]c3ccccc3c2c1. The van der Waals surface area contributed by atoms with Gasteiger partial charge in [-0.2, -0.15) is 0 Å². The van der Waals surface area contributed by atoms with Crippen LogP contribution in [0.2, 0.25) is 0 Å². The molecule has 4 N–H and O–H groups in total. The van der Waals surface area contributed by atoms with E-state index >= 15 is 0 Å². The molecule has 0 saturated carbocycles. The molecular formula is C16H16N2O3. The van der Waals surface area contributed by atoms with E-state index in [2.05, 4.69) is 10.3 Å². The second-order valence-corrected chi connectivity index (χ2v) is 4.98. The Balaban J connectivity index is 1.93. The van der Waals surface area contributed by atoms with Gasteiger partial charge < -0.3 is 20.5 Å². The molecule has 0 spiro atoms. The maximum atomic E-state index is 12.1. The van der Waals surface area contributed by atoms with Gasteiger partial charge in [0, 0.05) is 33.9 Å². The van der Waals surface area contributed by atoms with E-state index in [1.54, 1.807) is 6.07 Å². The first-order valence-electron chi connectivity index (χ1n) is 6.76. The van der Waals surface area contributed by atoms with E-state index < -0.39 is 6.10 Å². The van der Waals surface area contributed by atoms with Crippen LogP contribution >= 0.6 is 0 Å². The first-order chi connectivity index (χ1) is 10.2. The molecule has 0 aliphatic carbocycles. The van der Waals surface area contributed by atoms with E-state index in [0.717, 1.165) is 21.8 Å². The van der Waals surface area contributed by atoms with Crippen molar-refractivity contribution in [3.63, 3.8) is 0 Å². The third-order valence-corrected chi connectivity index (χ3v) is 3.48. The molecule has 0 fully saturated rings. The second-order valence-electron chi connectivity index (χ2n) is 4.98. The molecule has 0 aliphatic rings. The number of rotatable bonds is 4. The molecule has 0 bridgehead atoms. The van der Waals surface area contributed by atoms with Crippen LogP contribution in [0.25, 0.3) is 21.8 Å². The van der Waals surface area contributed by atoms with Crippen molar-refractivity contribution in [3.8, 4) is 0 Å². The van der Waals surface area contributed by atoms with Crippen molar-refractivity contribution in [1.29, 1.82) is 0 Å². The lowest BCUT2D eigenvalue weighted by Gasteiger charge is -2.09. The normalized spacial score (nSPS) is 12.7. The lowest BCUT2D eigenvalue weighted by atomic mass is 10.1. The number of para-hydroxylation sites is 1. The van der Waals surface area contributed by atoms with Gasteiger partial charge in [-0.25, -0.2) is 0 Å². The molecule has 2 aromatic carbocycles. The summed E-state index contributed by atoms with van der Waals surface area (Å²) in [7, 11) is 0. The number of carbonyl (C=O) groups is 1.